The highest BCUT2D eigenvalue weighted by Gasteiger charge is 2.12. The number of hydrogen-bond acceptors (Lipinski definition) is 7. The second-order valence-electron chi connectivity index (χ2n) is 7.42. The monoisotopic (exact) mass is 476 g/mol. The van der Waals surface area contributed by atoms with Crippen molar-refractivity contribution in [2.24, 2.45) is 0 Å². The Morgan fingerprint density at radius 2 is 1.82 bits per heavy atom. The predicted octanol–water partition coefficient (Wildman–Crippen LogP) is 3.40. The maximum atomic E-state index is 12.6. The van der Waals surface area contributed by atoms with Gasteiger partial charge in [-0.05, 0) is 29.8 Å². The van der Waals surface area contributed by atoms with Crippen LogP contribution < -0.4 is 20.3 Å². The van der Waals surface area contributed by atoms with Gasteiger partial charge in [0.1, 0.15) is 10.7 Å². The molecule has 9 heteroatoms. The number of thiazole rings is 1. The maximum absolute atomic E-state index is 12.6. The molecule has 0 aliphatic heterocycles. The number of carbonyl (C=O) groups excluding carboxylic acids is 1. The van der Waals surface area contributed by atoms with Crippen LogP contribution >= 0.6 is 11.3 Å². The zero-order chi connectivity index (χ0) is 23.9. The van der Waals surface area contributed by atoms with Crippen molar-refractivity contribution in [1.29, 1.82) is 0 Å². The number of rotatable bonds is 9. The summed E-state index contributed by atoms with van der Waals surface area (Å²) in [6.07, 6.45) is 0.569. The highest BCUT2D eigenvalue weighted by atomic mass is 32.1. The molecule has 0 aliphatic rings. The van der Waals surface area contributed by atoms with E-state index in [2.05, 4.69) is 15.4 Å². The molecule has 0 saturated carbocycles. The van der Waals surface area contributed by atoms with E-state index in [1.807, 2.05) is 53.9 Å². The molecule has 2 heterocycles. The maximum Gasteiger partial charge on any atom is 0.271 e. The Hall–Kier alpha value is -3.98. The second kappa shape index (κ2) is 10.8. The van der Waals surface area contributed by atoms with Crippen LogP contribution in [0.15, 0.2) is 70.8 Å². The molecule has 2 aromatic heterocycles. The molecule has 0 bridgehead atoms. The Morgan fingerprint density at radius 1 is 1.03 bits per heavy atom. The number of ether oxygens (including phenoxy) is 2. The Kier molecular flexibility index (Phi) is 7.34. The van der Waals surface area contributed by atoms with Gasteiger partial charge in [-0.2, -0.15) is 5.10 Å². The first-order valence-corrected chi connectivity index (χ1v) is 11.5. The van der Waals surface area contributed by atoms with Crippen molar-refractivity contribution in [1.82, 2.24) is 20.1 Å². The summed E-state index contributed by atoms with van der Waals surface area (Å²) < 4.78 is 11.9. The van der Waals surface area contributed by atoms with Crippen LogP contribution in [-0.4, -0.2) is 41.4 Å². The van der Waals surface area contributed by atoms with E-state index in [0.717, 1.165) is 21.8 Å². The van der Waals surface area contributed by atoms with E-state index in [-0.39, 0.29) is 17.2 Å². The third-order valence-electron chi connectivity index (χ3n) is 5.12. The van der Waals surface area contributed by atoms with Crippen molar-refractivity contribution >= 4 is 17.2 Å². The molecule has 174 valence electrons. The van der Waals surface area contributed by atoms with Gasteiger partial charge in [0.05, 0.1) is 26.5 Å². The zero-order valence-corrected chi connectivity index (χ0v) is 19.7. The largest absolute Gasteiger partial charge is 0.493 e. The number of hydrogen-bond donors (Lipinski definition) is 1. The van der Waals surface area contributed by atoms with Crippen molar-refractivity contribution in [2.75, 3.05) is 20.8 Å². The molecule has 1 N–H and O–H groups in total. The minimum Gasteiger partial charge on any atom is -0.493 e. The predicted molar refractivity (Wildman–Crippen MR) is 131 cm³/mol. The van der Waals surface area contributed by atoms with E-state index in [9.17, 15) is 9.59 Å². The van der Waals surface area contributed by atoms with Crippen LogP contribution in [0.5, 0.6) is 11.5 Å². The summed E-state index contributed by atoms with van der Waals surface area (Å²) in [6, 6.07) is 18.0. The fourth-order valence-electron chi connectivity index (χ4n) is 3.36. The number of methoxy groups -OCH3 is 2. The van der Waals surface area contributed by atoms with Gasteiger partial charge in [-0.1, -0.05) is 30.3 Å². The topological polar surface area (TPSA) is 95.3 Å². The number of carbonyl (C=O) groups is 1. The summed E-state index contributed by atoms with van der Waals surface area (Å²) >= 11 is 1.52. The first-order chi connectivity index (χ1) is 16.6. The van der Waals surface area contributed by atoms with Crippen LogP contribution in [0.3, 0.4) is 0 Å². The van der Waals surface area contributed by atoms with E-state index in [1.165, 1.54) is 28.2 Å². The van der Waals surface area contributed by atoms with Crippen LogP contribution in [0.2, 0.25) is 0 Å². The first-order valence-electron chi connectivity index (χ1n) is 10.6. The minimum absolute atomic E-state index is 0.194. The third kappa shape index (κ3) is 5.49. The molecule has 4 aromatic rings. The Morgan fingerprint density at radius 3 is 2.59 bits per heavy atom. The van der Waals surface area contributed by atoms with Crippen LogP contribution in [-0.2, 0) is 13.0 Å². The van der Waals surface area contributed by atoms with Crippen molar-refractivity contribution in [3.8, 4) is 22.1 Å². The van der Waals surface area contributed by atoms with Crippen molar-refractivity contribution in [3.63, 3.8) is 0 Å². The zero-order valence-electron chi connectivity index (χ0n) is 18.9. The normalized spacial score (nSPS) is 10.6. The van der Waals surface area contributed by atoms with Gasteiger partial charge in [-0.3, -0.25) is 9.59 Å². The lowest BCUT2D eigenvalue weighted by Gasteiger charge is -2.08. The molecule has 0 fully saturated rings. The number of aromatic nitrogens is 3. The number of amides is 1. The van der Waals surface area contributed by atoms with E-state index >= 15 is 0 Å². The molecule has 1 amide bonds. The summed E-state index contributed by atoms with van der Waals surface area (Å²) in [7, 11) is 3.20. The van der Waals surface area contributed by atoms with Crippen LogP contribution in [0.4, 0.5) is 0 Å². The van der Waals surface area contributed by atoms with E-state index in [0.29, 0.717) is 31.0 Å². The van der Waals surface area contributed by atoms with Crippen LogP contribution in [0, 0.1) is 0 Å². The molecule has 0 unspecified atom stereocenters. The van der Waals surface area contributed by atoms with Gasteiger partial charge in [0, 0.05) is 30.0 Å². The summed E-state index contributed by atoms with van der Waals surface area (Å²) in [4.78, 5) is 29.4. The van der Waals surface area contributed by atoms with Crippen LogP contribution in [0.25, 0.3) is 10.6 Å². The molecule has 2 aromatic carbocycles. The molecule has 4 rings (SSSR count). The average molecular weight is 477 g/mol. The highest BCUT2D eigenvalue weighted by Crippen LogP contribution is 2.33. The molecule has 0 spiro atoms. The molecule has 0 saturated heterocycles. The highest BCUT2D eigenvalue weighted by molar-refractivity contribution is 7.13. The van der Waals surface area contributed by atoms with E-state index < -0.39 is 0 Å². The van der Waals surface area contributed by atoms with Gasteiger partial charge in [0.2, 0.25) is 0 Å². The molecule has 0 aliphatic carbocycles. The first kappa shape index (κ1) is 23.2. The third-order valence-corrected chi connectivity index (χ3v) is 6.06. The minimum atomic E-state index is -0.336. The molecule has 0 radical (unpaired) electrons. The lowest BCUT2D eigenvalue weighted by molar-refractivity contribution is 0.0946. The summed E-state index contributed by atoms with van der Waals surface area (Å²) in [5, 5.41) is 9.90. The van der Waals surface area contributed by atoms with Gasteiger partial charge < -0.3 is 14.8 Å². The summed E-state index contributed by atoms with van der Waals surface area (Å²) in [5.74, 6) is 0.969. The van der Waals surface area contributed by atoms with Crippen molar-refractivity contribution < 1.29 is 14.3 Å². The van der Waals surface area contributed by atoms with Crippen molar-refractivity contribution in [2.45, 2.75) is 13.0 Å². The molecule has 0 atom stereocenters. The van der Waals surface area contributed by atoms with Gasteiger partial charge in [-0.25, -0.2) is 9.67 Å². The molecular weight excluding hydrogens is 452 g/mol. The quantitative estimate of drug-likeness (QED) is 0.398. The summed E-state index contributed by atoms with van der Waals surface area (Å²) in [6.45, 7) is 0.700. The molecular formula is C25H24N4O4S. The fraction of sp³-hybridized carbons (Fsp3) is 0.200. The average Bonchev–Trinajstić information content (AvgIpc) is 3.34. The van der Waals surface area contributed by atoms with Crippen molar-refractivity contribution in [3.05, 3.63) is 93.3 Å². The van der Waals surface area contributed by atoms with Gasteiger partial charge in [0.15, 0.2) is 11.5 Å². The Balaban J connectivity index is 1.36. The fourth-order valence-corrected chi connectivity index (χ4v) is 4.21. The van der Waals surface area contributed by atoms with Gasteiger partial charge >= 0.3 is 0 Å². The number of benzene rings is 2. The Labute approximate surface area is 200 Å². The Bertz CT molecular complexity index is 1330. The lowest BCUT2D eigenvalue weighted by atomic mass is 10.2. The molecule has 34 heavy (non-hydrogen) atoms. The van der Waals surface area contributed by atoms with Gasteiger partial charge in [-0.15, -0.1) is 11.3 Å². The van der Waals surface area contributed by atoms with Gasteiger partial charge in [0.25, 0.3) is 11.5 Å². The van der Waals surface area contributed by atoms with E-state index in [1.54, 1.807) is 14.2 Å². The van der Waals surface area contributed by atoms with Crippen LogP contribution in [0.1, 0.15) is 21.7 Å². The standard InChI is InChI=1S/C25H24N4O4S/c1-32-21-10-8-18(14-22(21)33-2)25-27-19(16-34-25)12-13-26-24(31)20-9-11-23(30)29(28-20)15-17-6-4-3-5-7-17/h3-11,14,16H,12-13,15H2,1-2H3,(H,26,31). The lowest BCUT2D eigenvalue weighted by Crippen LogP contribution is -2.31. The van der Waals surface area contributed by atoms with E-state index in [4.69, 9.17) is 9.47 Å². The summed E-state index contributed by atoms with van der Waals surface area (Å²) in [5.41, 5.74) is 2.67. The number of nitrogens with zero attached hydrogens (tertiary/aromatic N) is 3. The number of nitrogens with one attached hydrogen (secondary N) is 1. The smallest absolute Gasteiger partial charge is 0.271 e. The SMILES string of the molecule is COc1ccc(-c2nc(CCNC(=O)c3ccc(=O)n(Cc4ccccc4)n3)cs2)cc1OC. The second-order valence-corrected chi connectivity index (χ2v) is 8.28. The molecule has 8 nitrogen and oxygen atoms in total.